The van der Waals surface area contributed by atoms with Gasteiger partial charge >= 0.3 is 0 Å². The normalized spacial score (nSPS) is 12.0. The molecule has 0 bridgehead atoms. The van der Waals surface area contributed by atoms with Crippen molar-refractivity contribution < 1.29 is 0 Å². The van der Waals surface area contributed by atoms with E-state index in [9.17, 15) is 0 Å². The molecule has 2 N–H and O–H groups in total. The van der Waals surface area contributed by atoms with Gasteiger partial charge in [-0.25, -0.2) is 0 Å². The zero-order valence-corrected chi connectivity index (χ0v) is 8.53. The van der Waals surface area contributed by atoms with Gasteiger partial charge in [0.05, 0.1) is 3.76 Å². The van der Waals surface area contributed by atoms with Crippen molar-refractivity contribution in [1.82, 2.24) is 0 Å². The Morgan fingerprint density at radius 2 is 2.43 bits per heavy atom. The summed E-state index contributed by atoms with van der Waals surface area (Å²) in [6.07, 6.45) is 0. The van der Waals surface area contributed by atoms with Crippen molar-refractivity contribution in [3.8, 4) is 0 Å². The second-order valence-electron chi connectivity index (χ2n) is 0.636. The van der Waals surface area contributed by atoms with Crippen LogP contribution in [0, 0.1) is 0 Å². The van der Waals surface area contributed by atoms with Gasteiger partial charge in [0.2, 0.25) is 0 Å². The van der Waals surface area contributed by atoms with Crippen molar-refractivity contribution in [2.24, 2.45) is 10.9 Å². The fraction of sp³-hybridized carbons (Fsp3) is 0.500. The number of thioether (sulfide) groups is 1. The average molecular weight is 342 g/mol. The third kappa shape index (κ3) is 5.15. The molecule has 0 aliphatic rings. The number of halogens is 2. The van der Waals surface area contributed by atoms with Crippen LogP contribution in [-0.2, 0) is 0 Å². The van der Waals surface area contributed by atoms with Crippen LogP contribution < -0.4 is 5.84 Å². The minimum atomic E-state index is 0.909. The predicted molar refractivity (Wildman–Crippen MR) is 52.1 cm³/mol. The van der Waals surface area contributed by atoms with Crippen LogP contribution in [0.1, 0.15) is 0 Å². The Labute approximate surface area is 74.0 Å². The summed E-state index contributed by atoms with van der Waals surface area (Å²) in [7, 11) is 0. The van der Waals surface area contributed by atoms with Crippen molar-refractivity contribution in [3.05, 3.63) is 0 Å². The Balaban J connectivity index is 3.17. The Kier molecular flexibility index (Phi) is 6.41. The maximum absolute atomic E-state index is 4.91. The first-order valence-corrected chi connectivity index (χ1v) is 5.02. The van der Waals surface area contributed by atoms with Gasteiger partial charge in [-0.1, -0.05) is 34.4 Å². The number of nitrogens with zero attached hydrogens (tertiary/aromatic N) is 1. The predicted octanol–water partition coefficient (Wildman–Crippen LogP) is 1.78. The lowest BCUT2D eigenvalue weighted by molar-refractivity contribution is 1.27. The van der Waals surface area contributed by atoms with E-state index in [-0.39, 0.29) is 0 Å². The number of alkyl halides is 1. The zero-order chi connectivity index (χ0) is 5.70. The highest BCUT2D eigenvalue weighted by Gasteiger charge is 1.86. The van der Waals surface area contributed by atoms with Crippen LogP contribution in [0.4, 0.5) is 0 Å². The summed E-state index contributed by atoms with van der Waals surface area (Å²) in [5.41, 5.74) is 0. The van der Waals surface area contributed by atoms with Crippen LogP contribution in [0.25, 0.3) is 0 Å². The molecule has 0 spiro atoms. The summed E-state index contributed by atoms with van der Waals surface area (Å²) in [4.78, 5) is 0. The van der Waals surface area contributed by atoms with Crippen molar-refractivity contribution in [1.29, 1.82) is 0 Å². The highest BCUT2D eigenvalue weighted by molar-refractivity contribution is 14.1. The fourth-order valence-electron chi connectivity index (χ4n) is 0.0823. The molecule has 0 aromatic carbocycles. The molecular formula is C2H4I2N2S. The smallest absolute Gasteiger partial charge is 0.154 e. The van der Waals surface area contributed by atoms with Crippen LogP contribution in [0.3, 0.4) is 0 Å². The molecule has 0 heterocycles. The Bertz CT molecular complexity index is 74.1. The summed E-state index contributed by atoms with van der Waals surface area (Å²) >= 11 is 5.97. The van der Waals surface area contributed by atoms with Gasteiger partial charge in [-0.2, -0.15) is 5.10 Å². The van der Waals surface area contributed by atoms with Crippen molar-refractivity contribution >= 4 is 60.0 Å². The number of rotatable bonds is 1. The van der Waals surface area contributed by atoms with Crippen LogP contribution in [0.2, 0.25) is 0 Å². The Morgan fingerprint density at radius 1 is 1.86 bits per heavy atom. The van der Waals surface area contributed by atoms with Gasteiger partial charge in [-0.05, 0) is 22.6 Å². The number of hydrogen-bond acceptors (Lipinski definition) is 3. The molecule has 0 rings (SSSR count). The Morgan fingerprint density at radius 3 is 2.57 bits per heavy atom. The summed E-state index contributed by atoms with van der Waals surface area (Å²) in [5, 5.41) is 3.44. The average Bonchev–Trinajstić information content (AvgIpc) is 1.68. The highest BCUT2D eigenvalue weighted by Crippen LogP contribution is 2.11. The first kappa shape index (κ1) is 8.28. The minimum absolute atomic E-state index is 0.909. The second-order valence-corrected chi connectivity index (χ2v) is 5.15. The molecule has 0 saturated heterocycles. The van der Waals surface area contributed by atoms with E-state index >= 15 is 0 Å². The lowest BCUT2D eigenvalue weighted by Crippen LogP contribution is -1.84. The molecule has 42 valence electrons. The molecule has 2 nitrogen and oxygen atoms in total. The lowest BCUT2D eigenvalue weighted by atomic mass is 11.7. The van der Waals surface area contributed by atoms with E-state index in [1.54, 1.807) is 11.8 Å². The van der Waals surface area contributed by atoms with Gasteiger partial charge in [0.1, 0.15) is 0 Å². The van der Waals surface area contributed by atoms with Gasteiger partial charge in [-0.15, -0.1) is 0 Å². The summed E-state index contributed by atoms with van der Waals surface area (Å²) in [6, 6.07) is 0. The van der Waals surface area contributed by atoms with Crippen molar-refractivity contribution in [3.63, 3.8) is 0 Å². The maximum atomic E-state index is 4.91. The molecular weight excluding hydrogens is 338 g/mol. The zero-order valence-electron chi connectivity index (χ0n) is 3.40. The monoisotopic (exact) mass is 342 g/mol. The number of nitrogens with two attached hydrogens (primary N) is 1. The molecule has 0 atom stereocenters. The molecule has 0 saturated carbocycles. The molecule has 5 heteroatoms. The minimum Gasteiger partial charge on any atom is -0.322 e. The van der Waals surface area contributed by atoms with Gasteiger partial charge in [-0.3, -0.25) is 0 Å². The third-order valence-corrected chi connectivity index (χ3v) is 2.87. The molecule has 0 aromatic heterocycles. The van der Waals surface area contributed by atoms with Gasteiger partial charge < -0.3 is 5.84 Å². The van der Waals surface area contributed by atoms with Crippen LogP contribution >= 0.6 is 56.9 Å². The molecule has 7 heavy (non-hydrogen) atoms. The fourth-order valence-corrected chi connectivity index (χ4v) is 3.39. The first-order chi connectivity index (χ1) is 3.31. The first-order valence-electron chi connectivity index (χ1n) is 1.43. The van der Waals surface area contributed by atoms with E-state index in [0.717, 1.165) is 6.81 Å². The highest BCUT2D eigenvalue weighted by atomic mass is 127. The van der Waals surface area contributed by atoms with Crippen molar-refractivity contribution in [2.75, 3.05) is 3.76 Å². The second kappa shape index (κ2) is 5.42. The molecule has 0 radical (unpaired) electrons. The molecule has 0 unspecified atom stereocenters. The molecule has 0 aromatic rings. The van der Waals surface area contributed by atoms with Crippen LogP contribution in [-0.4, -0.2) is 6.81 Å². The largest absolute Gasteiger partial charge is 0.322 e. The molecule has 0 aliphatic carbocycles. The number of hydrogen-bond donors (Lipinski definition) is 1. The maximum Gasteiger partial charge on any atom is 0.154 e. The lowest BCUT2D eigenvalue weighted by Gasteiger charge is -1.85. The van der Waals surface area contributed by atoms with Crippen molar-refractivity contribution in [2.45, 2.75) is 0 Å². The molecule has 0 fully saturated rings. The quantitative estimate of drug-likeness (QED) is 0.197. The standard InChI is InChI=1S/C2H4I2N2S/c3-1-7-2(4)6-5/h1,5H2/b6-2-. The Hall–Kier alpha value is 1.28. The number of hydrazone groups is 1. The summed E-state index contributed by atoms with van der Waals surface area (Å²) in [5.74, 6) is 4.91. The van der Waals surface area contributed by atoms with E-state index in [2.05, 4.69) is 50.3 Å². The topological polar surface area (TPSA) is 38.4 Å². The third-order valence-electron chi connectivity index (χ3n) is 0.275. The summed E-state index contributed by atoms with van der Waals surface area (Å²) in [6.45, 7) is 0. The summed E-state index contributed by atoms with van der Waals surface area (Å²) < 4.78 is 1.92. The molecule has 0 aliphatic heterocycles. The molecule has 0 amide bonds. The van der Waals surface area contributed by atoms with Gasteiger partial charge in [0.15, 0.2) is 3.05 Å². The van der Waals surface area contributed by atoms with E-state index < -0.39 is 0 Å². The van der Waals surface area contributed by atoms with E-state index in [1.165, 1.54) is 0 Å². The van der Waals surface area contributed by atoms with Gasteiger partial charge in [0.25, 0.3) is 0 Å². The van der Waals surface area contributed by atoms with E-state index in [4.69, 9.17) is 5.84 Å². The SMILES string of the molecule is N/N=C(/I)SCI. The van der Waals surface area contributed by atoms with Crippen LogP contribution in [0.5, 0.6) is 0 Å². The van der Waals surface area contributed by atoms with Gasteiger partial charge in [0, 0.05) is 0 Å². The van der Waals surface area contributed by atoms with Crippen LogP contribution in [0.15, 0.2) is 5.10 Å². The van der Waals surface area contributed by atoms with E-state index in [0.29, 0.717) is 0 Å². The van der Waals surface area contributed by atoms with E-state index in [1.807, 2.05) is 0 Å².